The second kappa shape index (κ2) is 6.75. The fourth-order valence-electron chi connectivity index (χ4n) is 2.98. The highest BCUT2D eigenvalue weighted by atomic mass is 32.1. The highest BCUT2D eigenvalue weighted by molar-refractivity contribution is 7.18. The maximum Gasteiger partial charge on any atom is 0.222 e. The first-order chi connectivity index (χ1) is 10.6. The van der Waals surface area contributed by atoms with E-state index in [1.807, 2.05) is 30.0 Å². The number of carbonyl (C=O) groups excluding carboxylic acids is 1. The van der Waals surface area contributed by atoms with Crippen molar-refractivity contribution in [2.45, 2.75) is 38.7 Å². The van der Waals surface area contributed by atoms with E-state index in [2.05, 4.69) is 11.1 Å². The number of aryl methyl sites for hydroxylation is 1. The zero-order valence-corrected chi connectivity index (χ0v) is 13.7. The van der Waals surface area contributed by atoms with Gasteiger partial charge in [0.15, 0.2) is 0 Å². The lowest BCUT2D eigenvalue weighted by Gasteiger charge is -2.17. The number of aliphatic hydroxyl groups excluding tert-OH is 1. The van der Waals surface area contributed by atoms with Gasteiger partial charge in [0.05, 0.1) is 21.3 Å². The third kappa shape index (κ3) is 3.47. The van der Waals surface area contributed by atoms with E-state index in [0.29, 0.717) is 13.0 Å². The first-order valence-electron chi connectivity index (χ1n) is 7.94. The highest BCUT2D eigenvalue weighted by Gasteiger charge is 2.28. The number of thiazole rings is 1. The molecule has 118 valence electrons. The second-order valence-corrected chi connectivity index (χ2v) is 7.17. The van der Waals surface area contributed by atoms with Gasteiger partial charge in [0, 0.05) is 25.4 Å². The molecular formula is C17H22N2O2S. The molecule has 0 radical (unpaired) electrons. The average Bonchev–Trinajstić information content (AvgIpc) is 3.13. The molecule has 1 amide bonds. The number of hydrogen-bond acceptors (Lipinski definition) is 4. The molecule has 0 saturated carbocycles. The van der Waals surface area contributed by atoms with Crippen LogP contribution in [0.3, 0.4) is 0 Å². The number of aromatic nitrogens is 1. The summed E-state index contributed by atoms with van der Waals surface area (Å²) < 4.78 is 1.21. The maximum atomic E-state index is 12.2. The van der Waals surface area contributed by atoms with Gasteiger partial charge in [-0.2, -0.15) is 0 Å². The summed E-state index contributed by atoms with van der Waals surface area (Å²) >= 11 is 1.72. The molecular weight excluding hydrogens is 296 g/mol. The summed E-state index contributed by atoms with van der Waals surface area (Å²) in [7, 11) is 0. The Bertz CT molecular complexity index is 620. The number of nitrogens with zero attached hydrogens (tertiary/aromatic N) is 2. The predicted octanol–water partition coefficient (Wildman–Crippen LogP) is 2.85. The lowest BCUT2D eigenvalue weighted by atomic mass is 10.0. The fourth-order valence-corrected chi connectivity index (χ4v) is 3.99. The number of carbonyl (C=O) groups is 1. The lowest BCUT2D eigenvalue weighted by molar-refractivity contribution is -0.130. The maximum absolute atomic E-state index is 12.2. The van der Waals surface area contributed by atoms with Crippen molar-refractivity contribution >= 4 is 27.5 Å². The number of amides is 1. The molecule has 0 bridgehead atoms. The summed E-state index contributed by atoms with van der Waals surface area (Å²) in [6, 6.07) is 8.14. The zero-order valence-electron chi connectivity index (χ0n) is 12.9. The Morgan fingerprint density at radius 1 is 1.50 bits per heavy atom. The van der Waals surface area contributed by atoms with Crippen molar-refractivity contribution in [3.63, 3.8) is 0 Å². The van der Waals surface area contributed by atoms with Crippen LogP contribution in [0.1, 0.15) is 31.2 Å². The third-order valence-electron chi connectivity index (χ3n) is 4.38. The van der Waals surface area contributed by atoms with Crippen LogP contribution in [0.5, 0.6) is 0 Å². The SMILES string of the molecule is CC(O)C1CCN(C(=O)CCCc2nc3ccccc3s2)C1. The van der Waals surface area contributed by atoms with Crippen molar-refractivity contribution in [2.24, 2.45) is 5.92 Å². The molecule has 5 heteroatoms. The topological polar surface area (TPSA) is 53.4 Å². The Morgan fingerprint density at radius 3 is 3.05 bits per heavy atom. The monoisotopic (exact) mass is 318 g/mol. The smallest absolute Gasteiger partial charge is 0.222 e. The summed E-state index contributed by atoms with van der Waals surface area (Å²) in [6.45, 7) is 3.30. The van der Waals surface area contributed by atoms with Gasteiger partial charge in [-0.25, -0.2) is 4.98 Å². The van der Waals surface area contributed by atoms with Gasteiger partial charge in [-0.05, 0) is 38.3 Å². The average molecular weight is 318 g/mol. The summed E-state index contributed by atoms with van der Waals surface area (Å²) in [6.07, 6.45) is 2.87. The first kappa shape index (κ1) is 15.4. The first-order valence-corrected chi connectivity index (χ1v) is 8.75. The summed E-state index contributed by atoms with van der Waals surface area (Å²) in [5.41, 5.74) is 1.05. The molecule has 1 aliphatic heterocycles. The van der Waals surface area contributed by atoms with E-state index in [0.717, 1.165) is 36.3 Å². The third-order valence-corrected chi connectivity index (χ3v) is 5.48. The van der Waals surface area contributed by atoms with Crippen LogP contribution in [-0.4, -0.2) is 40.1 Å². The van der Waals surface area contributed by atoms with Gasteiger partial charge in [-0.1, -0.05) is 12.1 Å². The van der Waals surface area contributed by atoms with Crippen LogP contribution in [0.15, 0.2) is 24.3 Å². The summed E-state index contributed by atoms with van der Waals surface area (Å²) in [5, 5.41) is 10.7. The number of likely N-dealkylation sites (tertiary alicyclic amines) is 1. The van der Waals surface area contributed by atoms with Gasteiger partial charge < -0.3 is 10.0 Å². The second-order valence-electron chi connectivity index (χ2n) is 6.06. The zero-order chi connectivity index (χ0) is 15.5. The van der Waals surface area contributed by atoms with Crippen LogP contribution in [0.4, 0.5) is 0 Å². The van der Waals surface area contributed by atoms with Gasteiger partial charge in [-0.15, -0.1) is 11.3 Å². The van der Waals surface area contributed by atoms with Crippen LogP contribution < -0.4 is 0 Å². The van der Waals surface area contributed by atoms with E-state index in [-0.39, 0.29) is 17.9 Å². The van der Waals surface area contributed by atoms with Gasteiger partial charge in [0.2, 0.25) is 5.91 Å². The molecule has 1 N–H and O–H groups in total. The minimum absolute atomic E-state index is 0.212. The molecule has 2 unspecified atom stereocenters. The molecule has 1 aromatic carbocycles. The van der Waals surface area contributed by atoms with E-state index in [1.165, 1.54) is 4.70 Å². The quantitative estimate of drug-likeness (QED) is 0.922. The summed E-state index contributed by atoms with van der Waals surface area (Å²) in [5.74, 6) is 0.456. The number of aliphatic hydroxyl groups is 1. The Kier molecular flexibility index (Phi) is 4.74. The highest BCUT2D eigenvalue weighted by Crippen LogP contribution is 2.24. The Morgan fingerprint density at radius 2 is 2.32 bits per heavy atom. The van der Waals surface area contributed by atoms with E-state index < -0.39 is 0 Å². The molecule has 0 spiro atoms. The van der Waals surface area contributed by atoms with Crippen LogP contribution >= 0.6 is 11.3 Å². The van der Waals surface area contributed by atoms with Crippen LogP contribution in [0, 0.1) is 5.92 Å². The molecule has 4 nitrogen and oxygen atoms in total. The Balaban J connectivity index is 1.47. The Hall–Kier alpha value is -1.46. The standard InChI is InChI=1S/C17H22N2O2S/c1-12(20)13-9-10-19(11-13)17(21)8-4-7-16-18-14-5-2-3-6-15(14)22-16/h2-3,5-6,12-13,20H,4,7-11H2,1H3. The van der Waals surface area contributed by atoms with Crippen molar-refractivity contribution in [2.75, 3.05) is 13.1 Å². The molecule has 22 heavy (non-hydrogen) atoms. The number of hydrogen-bond donors (Lipinski definition) is 1. The van der Waals surface area contributed by atoms with Gasteiger partial charge >= 0.3 is 0 Å². The van der Waals surface area contributed by atoms with Crippen molar-refractivity contribution in [1.82, 2.24) is 9.88 Å². The fraction of sp³-hybridized carbons (Fsp3) is 0.529. The molecule has 1 aromatic heterocycles. The number of para-hydroxylation sites is 1. The molecule has 2 heterocycles. The number of rotatable bonds is 5. The van der Waals surface area contributed by atoms with Crippen molar-refractivity contribution < 1.29 is 9.90 Å². The lowest BCUT2D eigenvalue weighted by Crippen LogP contribution is -2.30. The molecule has 2 atom stereocenters. The largest absolute Gasteiger partial charge is 0.393 e. The van der Waals surface area contributed by atoms with Crippen LogP contribution in [0.2, 0.25) is 0 Å². The van der Waals surface area contributed by atoms with E-state index in [1.54, 1.807) is 11.3 Å². The Labute approximate surface area is 134 Å². The molecule has 1 aliphatic rings. The molecule has 1 saturated heterocycles. The van der Waals surface area contributed by atoms with E-state index in [4.69, 9.17) is 0 Å². The minimum Gasteiger partial charge on any atom is -0.393 e. The molecule has 0 aliphatic carbocycles. The molecule has 2 aromatic rings. The molecule has 1 fully saturated rings. The number of benzene rings is 1. The minimum atomic E-state index is -0.319. The summed E-state index contributed by atoms with van der Waals surface area (Å²) in [4.78, 5) is 18.7. The van der Waals surface area contributed by atoms with E-state index >= 15 is 0 Å². The van der Waals surface area contributed by atoms with Gasteiger partial charge in [-0.3, -0.25) is 4.79 Å². The van der Waals surface area contributed by atoms with Gasteiger partial charge in [0.25, 0.3) is 0 Å². The van der Waals surface area contributed by atoms with Crippen molar-refractivity contribution in [3.8, 4) is 0 Å². The van der Waals surface area contributed by atoms with E-state index in [9.17, 15) is 9.90 Å². The van der Waals surface area contributed by atoms with Crippen LogP contribution in [0.25, 0.3) is 10.2 Å². The van der Waals surface area contributed by atoms with Crippen molar-refractivity contribution in [3.05, 3.63) is 29.3 Å². The van der Waals surface area contributed by atoms with Gasteiger partial charge in [0.1, 0.15) is 0 Å². The van der Waals surface area contributed by atoms with Crippen LogP contribution in [-0.2, 0) is 11.2 Å². The molecule has 3 rings (SSSR count). The predicted molar refractivity (Wildman–Crippen MR) is 88.9 cm³/mol. The normalized spacial score (nSPS) is 19.7. The van der Waals surface area contributed by atoms with Crippen molar-refractivity contribution in [1.29, 1.82) is 0 Å². The number of fused-ring (bicyclic) bond motifs is 1.